The Morgan fingerprint density at radius 1 is 1.12 bits per heavy atom. The van der Waals surface area contributed by atoms with E-state index in [-0.39, 0.29) is 0 Å². The van der Waals surface area contributed by atoms with Crippen molar-refractivity contribution in [2.45, 2.75) is 0 Å². The summed E-state index contributed by atoms with van der Waals surface area (Å²) in [6.07, 6.45) is 1.13. The van der Waals surface area contributed by atoms with Crippen LogP contribution in [0.4, 0.5) is 5.69 Å². The first-order valence-electron chi connectivity index (χ1n) is 5.09. The molecule has 1 N–H and O–H groups in total. The summed E-state index contributed by atoms with van der Waals surface area (Å²) in [6.45, 7) is 0. The Labute approximate surface area is 101 Å². The minimum Gasteiger partial charge on any atom is -0.284 e. The fraction of sp³-hybridized carbons (Fsp3) is 0.0769. The van der Waals surface area contributed by atoms with Gasteiger partial charge in [-0.15, -0.1) is 0 Å². The Kier molecular flexibility index (Phi) is 3.15. The molecule has 0 bridgehead atoms. The monoisotopic (exact) mass is 246 g/mol. The van der Waals surface area contributed by atoms with Gasteiger partial charge in [0, 0.05) is 5.69 Å². The van der Waals surface area contributed by atoms with Crippen LogP contribution in [0.15, 0.2) is 48.5 Å². The van der Waals surface area contributed by atoms with Gasteiger partial charge in [0.25, 0.3) is 0 Å². The van der Waals surface area contributed by atoms with Crippen molar-refractivity contribution in [2.24, 2.45) is 0 Å². The standard InChI is InChI=1S/C13H12NO2S/c1-17(15,16)14-13-9-5-8-12(10-13)11-6-3-2-4-7-11/h2-6,8-10,14H,1H3. The van der Waals surface area contributed by atoms with Crippen molar-refractivity contribution in [3.63, 3.8) is 0 Å². The molecule has 0 atom stereocenters. The van der Waals surface area contributed by atoms with E-state index in [9.17, 15) is 8.42 Å². The van der Waals surface area contributed by atoms with Crippen LogP contribution in [0.1, 0.15) is 0 Å². The summed E-state index contributed by atoms with van der Waals surface area (Å²) in [5.41, 5.74) is 2.42. The Balaban J connectivity index is 2.36. The number of nitrogens with one attached hydrogen (secondary N) is 1. The summed E-state index contributed by atoms with van der Waals surface area (Å²) in [6, 6.07) is 17.9. The highest BCUT2D eigenvalue weighted by molar-refractivity contribution is 7.92. The molecule has 0 heterocycles. The number of anilines is 1. The topological polar surface area (TPSA) is 46.2 Å². The molecule has 0 saturated heterocycles. The average Bonchev–Trinajstić information content (AvgIpc) is 2.28. The Bertz CT molecular complexity index is 606. The molecule has 2 aromatic carbocycles. The van der Waals surface area contributed by atoms with Crippen LogP contribution in [0, 0.1) is 6.07 Å². The zero-order chi connectivity index (χ0) is 12.3. The highest BCUT2D eigenvalue weighted by Crippen LogP contribution is 2.22. The largest absolute Gasteiger partial charge is 0.284 e. The van der Waals surface area contributed by atoms with Gasteiger partial charge in [0.05, 0.1) is 6.26 Å². The van der Waals surface area contributed by atoms with Crippen molar-refractivity contribution in [1.29, 1.82) is 0 Å². The normalized spacial score (nSPS) is 11.1. The van der Waals surface area contributed by atoms with Crippen LogP contribution in [0.3, 0.4) is 0 Å². The summed E-state index contributed by atoms with van der Waals surface area (Å²) < 4.78 is 24.7. The molecule has 0 spiro atoms. The van der Waals surface area contributed by atoms with Crippen molar-refractivity contribution < 1.29 is 8.42 Å². The van der Waals surface area contributed by atoms with Crippen molar-refractivity contribution in [1.82, 2.24) is 0 Å². The summed E-state index contributed by atoms with van der Waals surface area (Å²) in [5.74, 6) is 0. The zero-order valence-corrected chi connectivity index (χ0v) is 10.2. The van der Waals surface area contributed by atoms with Crippen LogP contribution in [0.2, 0.25) is 0 Å². The second-order valence-corrected chi connectivity index (χ2v) is 5.48. The fourth-order valence-electron chi connectivity index (χ4n) is 1.54. The maximum Gasteiger partial charge on any atom is 0.229 e. The van der Waals surface area contributed by atoms with E-state index in [4.69, 9.17) is 0 Å². The molecule has 2 aromatic rings. The van der Waals surface area contributed by atoms with Gasteiger partial charge in [-0.05, 0) is 29.3 Å². The van der Waals surface area contributed by atoms with E-state index < -0.39 is 10.0 Å². The molecular weight excluding hydrogens is 234 g/mol. The number of sulfonamides is 1. The first-order chi connectivity index (χ1) is 8.04. The summed E-state index contributed by atoms with van der Waals surface area (Å²) >= 11 is 0. The highest BCUT2D eigenvalue weighted by atomic mass is 32.2. The van der Waals surface area contributed by atoms with Gasteiger partial charge < -0.3 is 0 Å². The van der Waals surface area contributed by atoms with Crippen LogP contribution in [-0.4, -0.2) is 14.7 Å². The van der Waals surface area contributed by atoms with Gasteiger partial charge >= 0.3 is 0 Å². The second kappa shape index (κ2) is 4.59. The predicted octanol–water partition coefficient (Wildman–Crippen LogP) is 2.53. The molecule has 4 heteroatoms. The minimum atomic E-state index is -3.24. The first-order valence-corrected chi connectivity index (χ1v) is 6.99. The van der Waals surface area contributed by atoms with E-state index >= 15 is 0 Å². The van der Waals surface area contributed by atoms with Gasteiger partial charge in [0.2, 0.25) is 10.0 Å². The summed E-state index contributed by atoms with van der Waals surface area (Å²) in [4.78, 5) is 0. The Hall–Kier alpha value is -1.81. The number of benzene rings is 2. The summed E-state index contributed by atoms with van der Waals surface area (Å²) in [5, 5.41) is 0. The summed E-state index contributed by atoms with van der Waals surface area (Å²) in [7, 11) is -3.24. The lowest BCUT2D eigenvalue weighted by Crippen LogP contribution is -2.09. The first kappa shape index (κ1) is 11.7. The van der Waals surface area contributed by atoms with Gasteiger partial charge in [0.1, 0.15) is 0 Å². The highest BCUT2D eigenvalue weighted by Gasteiger charge is 2.03. The van der Waals surface area contributed by atoms with E-state index in [0.717, 1.165) is 17.4 Å². The van der Waals surface area contributed by atoms with Crippen LogP contribution in [0.25, 0.3) is 11.1 Å². The lowest BCUT2D eigenvalue weighted by atomic mass is 10.1. The van der Waals surface area contributed by atoms with E-state index in [2.05, 4.69) is 10.8 Å². The maximum atomic E-state index is 11.1. The van der Waals surface area contributed by atoms with Crippen molar-refractivity contribution in [3.8, 4) is 11.1 Å². The van der Waals surface area contributed by atoms with Crippen LogP contribution < -0.4 is 4.72 Å². The molecule has 17 heavy (non-hydrogen) atoms. The van der Waals surface area contributed by atoms with Crippen LogP contribution in [-0.2, 0) is 10.0 Å². The van der Waals surface area contributed by atoms with Crippen molar-refractivity contribution in [3.05, 3.63) is 54.6 Å². The second-order valence-electron chi connectivity index (χ2n) is 3.73. The molecular formula is C13H12NO2S. The SMILES string of the molecule is CS(=O)(=O)Nc1cccc(-c2[c]cccc2)c1. The van der Waals surface area contributed by atoms with Gasteiger partial charge in [0.15, 0.2) is 0 Å². The number of rotatable bonds is 3. The lowest BCUT2D eigenvalue weighted by Gasteiger charge is -2.06. The minimum absolute atomic E-state index is 0.558. The number of hydrogen-bond donors (Lipinski definition) is 1. The third-order valence-electron chi connectivity index (χ3n) is 2.19. The Morgan fingerprint density at radius 2 is 1.94 bits per heavy atom. The molecule has 2 rings (SSSR count). The zero-order valence-electron chi connectivity index (χ0n) is 9.34. The van der Waals surface area contributed by atoms with Gasteiger partial charge in [-0.2, -0.15) is 0 Å². The van der Waals surface area contributed by atoms with Gasteiger partial charge in [-0.25, -0.2) is 8.42 Å². The molecule has 0 saturated carbocycles. The van der Waals surface area contributed by atoms with E-state index in [1.807, 2.05) is 36.4 Å². The van der Waals surface area contributed by atoms with E-state index in [1.165, 1.54) is 0 Å². The molecule has 1 radical (unpaired) electrons. The molecule has 0 unspecified atom stereocenters. The van der Waals surface area contributed by atoms with E-state index in [0.29, 0.717) is 5.69 Å². The third kappa shape index (κ3) is 3.32. The maximum absolute atomic E-state index is 11.1. The predicted molar refractivity (Wildman–Crippen MR) is 69.2 cm³/mol. The average molecular weight is 246 g/mol. The number of hydrogen-bond acceptors (Lipinski definition) is 2. The fourth-order valence-corrected chi connectivity index (χ4v) is 2.09. The molecule has 0 aliphatic carbocycles. The molecule has 0 aliphatic heterocycles. The van der Waals surface area contributed by atoms with Gasteiger partial charge in [-0.3, -0.25) is 4.72 Å². The van der Waals surface area contributed by atoms with Gasteiger partial charge in [-0.1, -0.05) is 36.4 Å². The lowest BCUT2D eigenvalue weighted by molar-refractivity contribution is 0.607. The molecule has 3 nitrogen and oxygen atoms in total. The molecule has 0 amide bonds. The Morgan fingerprint density at radius 3 is 2.59 bits per heavy atom. The van der Waals surface area contributed by atoms with Crippen molar-refractivity contribution >= 4 is 15.7 Å². The smallest absolute Gasteiger partial charge is 0.229 e. The van der Waals surface area contributed by atoms with Crippen molar-refractivity contribution in [2.75, 3.05) is 11.0 Å². The quantitative estimate of drug-likeness (QED) is 0.904. The van der Waals surface area contributed by atoms with E-state index in [1.54, 1.807) is 12.1 Å². The molecule has 0 aliphatic rings. The molecule has 87 valence electrons. The molecule has 0 aromatic heterocycles. The van der Waals surface area contributed by atoms with Crippen LogP contribution in [0.5, 0.6) is 0 Å². The van der Waals surface area contributed by atoms with Crippen LogP contribution >= 0.6 is 0 Å². The third-order valence-corrected chi connectivity index (χ3v) is 2.79. The molecule has 0 fully saturated rings.